The van der Waals surface area contributed by atoms with Crippen LogP contribution in [0.4, 0.5) is 0 Å². The normalized spacial score (nSPS) is 13.4. The van der Waals surface area contributed by atoms with E-state index in [1.807, 2.05) is 54.9 Å². The third-order valence-corrected chi connectivity index (χ3v) is 7.80. The molecule has 4 heterocycles. The largest absolute Gasteiger partial charge is 0.336 e. The molecule has 8 heteroatoms. The quantitative estimate of drug-likeness (QED) is 0.292. The lowest BCUT2D eigenvalue weighted by Crippen LogP contribution is -2.26. The predicted molar refractivity (Wildman–Crippen MR) is 135 cm³/mol. The lowest BCUT2D eigenvalue weighted by Gasteiger charge is -2.29. The number of benzene rings is 1. The van der Waals surface area contributed by atoms with Crippen LogP contribution in [0.1, 0.15) is 21.7 Å². The van der Waals surface area contributed by atoms with E-state index in [-0.39, 0.29) is 5.56 Å². The highest BCUT2D eigenvalue weighted by atomic mass is 35.5. The van der Waals surface area contributed by atoms with Gasteiger partial charge >= 0.3 is 0 Å². The zero-order valence-corrected chi connectivity index (χ0v) is 20.5. The van der Waals surface area contributed by atoms with Gasteiger partial charge in [-0.3, -0.25) is 9.36 Å². The maximum absolute atomic E-state index is 12.7. The van der Waals surface area contributed by atoms with Gasteiger partial charge < -0.3 is 4.57 Å². The summed E-state index contributed by atoms with van der Waals surface area (Å²) in [6.07, 6.45) is 5.22. The van der Waals surface area contributed by atoms with Gasteiger partial charge in [-0.2, -0.15) is 0 Å². The highest BCUT2D eigenvalue weighted by molar-refractivity contribution is 7.15. The number of pyridine rings is 2. The van der Waals surface area contributed by atoms with Crippen LogP contribution in [-0.4, -0.2) is 19.1 Å². The van der Waals surface area contributed by atoms with Crippen molar-refractivity contribution in [2.24, 2.45) is 14.1 Å². The zero-order valence-electron chi connectivity index (χ0n) is 18.2. The number of thiophene rings is 1. The first-order valence-electron chi connectivity index (χ1n) is 10.3. The maximum atomic E-state index is 12.7. The minimum atomic E-state index is -1.06. The van der Waals surface area contributed by atoms with E-state index < -0.39 is 4.87 Å². The van der Waals surface area contributed by atoms with Crippen LogP contribution in [-0.2, 0) is 19.0 Å². The van der Waals surface area contributed by atoms with Crippen molar-refractivity contribution < 1.29 is 0 Å². The molecular formula is C25H20Cl2N4OS. The SMILES string of the molecule is Cc1ccc(-c2cc(=O)n(C)c3ncc(C(Cl)(c4ccc(Cl)cc4)c4cncn4C)cc23)s1. The molecule has 5 rings (SSSR count). The van der Waals surface area contributed by atoms with Crippen LogP contribution >= 0.6 is 34.5 Å². The molecule has 0 radical (unpaired) electrons. The Kier molecular flexibility index (Phi) is 5.40. The summed E-state index contributed by atoms with van der Waals surface area (Å²) < 4.78 is 3.46. The van der Waals surface area contributed by atoms with Crippen molar-refractivity contribution in [1.29, 1.82) is 0 Å². The minimum Gasteiger partial charge on any atom is -0.336 e. The molecule has 33 heavy (non-hydrogen) atoms. The molecule has 0 spiro atoms. The Morgan fingerprint density at radius 1 is 1.00 bits per heavy atom. The van der Waals surface area contributed by atoms with E-state index in [0.29, 0.717) is 10.7 Å². The van der Waals surface area contributed by atoms with Gasteiger partial charge in [-0.1, -0.05) is 23.7 Å². The molecule has 0 N–H and O–H groups in total. The number of imidazole rings is 1. The Labute approximate surface area is 204 Å². The molecule has 1 unspecified atom stereocenters. The monoisotopic (exact) mass is 494 g/mol. The van der Waals surface area contributed by atoms with Crippen LogP contribution in [0.5, 0.6) is 0 Å². The molecule has 0 aliphatic carbocycles. The van der Waals surface area contributed by atoms with E-state index in [2.05, 4.69) is 11.1 Å². The van der Waals surface area contributed by atoms with Crippen LogP contribution in [0.2, 0.25) is 5.02 Å². The predicted octanol–water partition coefficient (Wildman–Crippen LogP) is 5.89. The van der Waals surface area contributed by atoms with Gasteiger partial charge in [-0.15, -0.1) is 22.9 Å². The number of rotatable bonds is 4. The van der Waals surface area contributed by atoms with E-state index in [4.69, 9.17) is 28.2 Å². The molecular weight excluding hydrogens is 475 g/mol. The highest BCUT2D eigenvalue weighted by Crippen LogP contribution is 2.44. The molecule has 5 aromatic rings. The van der Waals surface area contributed by atoms with Gasteiger partial charge in [0.2, 0.25) is 0 Å². The third kappa shape index (κ3) is 3.59. The van der Waals surface area contributed by atoms with Gasteiger partial charge in [-0.05, 0) is 42.8 Å². The summed E-state index contributed by atoms with van der Waals surface area (Å²) in [7, 11) is 3.64. The average Bonchev–Trinajstić information content (AvgIpc) is 3.44. The molecule has 0 aliphatic rings. The van der Waals surface area contributed by atoms with Crippen molar-refractivity contribution in [3.8, 4) is 10.4 Å². The standard InChI is InChI=1S/C25H20Cl2N4OS/c1-15-4-9-21(33-15)19-11-23(32)31(3)24-20(19)10-17(12-29-24)25(27,22-13-28-14-30(22)2)16-5-7-18(26)8-6-16/h4-14H,1-3H3. The van der Waals surface area contributed by atoms with Gasteiger partial charge in [0.1, 0.15) is 10.5 Å². The molecule has 5 nitrogen and oxygen atoms in total. The van der Waals surface area contributed by atoms with Crippen molar-refractivity contribution >= 4 is 45.6 Å². The third-order valence-electron chi connectivity index (χ3n) is 5.89. The molecule has 0 bridgehead atoms. The molecule has 4 aromatic heterocycles. The van der Waals surface area contributed by atoms with E-state index in [1.165, 1.54) is 4.88 Å². The lowest BCUT2D eigenvalue weighted by molar-refractivity contribution is 0.743. The summed E-state index contributed by atoms with van der Waals surface area (Å²) >= 11 is 15.3. The fraction of sp³-hybridized carbons (Fsp3) is 0.160. The first kappa shape index (κ1) is 21.9. The van der Waals surface area contributed by atoms with Crippen molar-refractivity contribution in [2.45, 2.75) is 11.8 Å². The number of fused-ring (bicyclic) bond motifs is 1. The summed E-state index contributed by atoms with van der Waals surface area (Å²) in [5.41, 5.74) is 3.76. The summed E-state index contributed by atoms with van der Waals surface area (Å²) in [6.45, 7) is 2.05. The summed E-state index contributed by atoms with van der Waals surface area (Å²) in [6, 6.07) is 15.3. The van der Waals surface area contributed by atoms with E-state index >= 15 is 0 Å². The smallest absolute Gasteiger partial charge is 0.252 e. The van der Waals surface area contributed by atoms with Gasteiger partial charge in [0.25, 0.3) is 5.56 Å². The fourth-order valence-electron chi connectivity index (χ4n) is 4.13. The van der Waals surface area contributed by atoms with E-state index in [1.54, 1.807) is 47.7 Å². The molecule has 1 aromatic carbocycles. The second-order valence-electron chi connectivity index (χ2n) is 8.02. The Morgan fingerprint density at radius 2 is 1.76 bits per heavy atom. The van der Waals surface area contributed by atoms with Crippen LogP contribution < -0.4 is 5.56 Å². The molecule has 0 fully saturated rings. The van der Waals surface area contributed by atoms with Crippen molar-refractivity contribution in [2.75, 3.05) is 0 Å². The van der Waals surface area contributed by atoms with Gasteiger partial charge in [-0.25, -0.2) is 9.97 Å². The van der Waals surface area contributed by atoms with E-state index in [0.717, 1.165) is 32.6 Å². The van der Waals surface area contributed by atoms with Crippen LogP contribution in [0.3, 0.4) is 0 Å². The Balaban J connectivity index is 1.83. The Bertz CT molecular complexity index is 1550. The summed E-state index contributed by atoms with van der Waals surface area (Å²) in [5.74, 6) is 0. The number of aromatic nitrogens is 4. The van der Waals surface area contributed by atoms with Crippen LogP contribution in [0.15, 0.2) is 72.0 Å². The lowest BCUT2D eigenvalue weighted by atomic mass is 9.87. The highest BCUT2D eigenvalue weighted by Gasteiger charge is 2.37. The number of aryl methyl sites for hydroxylation is 3. The van der Waals surface area contributed by atoms with Crippen LogP contribution in [0.25, 0.3) is 21.5 Å². The first-order valence-corrected chi connectivity index (χ1v) is 11.8. The van der Waals surface area contributed by atoms with Gasteiger partial charge in [0.15, 0.2) is 0 Å². The minimum absolute atomic E-state index is 0.106. The summed E-state index contributed by atoms with van der Waals surface area (Å²) in [5, 5.41) is 1.49. The molecule has 0 saturated carbocycles. The van der Waals surface area contributed by atoms with E-state index in [9.17, 15) is 4.79 Å². The molecule has 0 aliphatic heterocycles. The number of hydrogen-bond donors (Lipinski definition) is 0. The number of alkyl halides is 1. The van der Waals surface area contributed by atoms with Crippen molar-refractivity contribution in [3.63, 3.8) is 0 Å². The fourth-order valence-corrected chi connectivity index (χ4v) is 5.56. The van der Waals surface area contributed by atoms with Gasteiger partial charge in [0, 0.05) is 57.6 Å². The first-order chi connectivity index (χ1) is 15.8. The summed E-state index contributed by atoms with van der Waals surface area (Å²) in [4.78, 5) is 22.8. The number of nitrogens with zero attached hydrogens (tertiary/aromatic N) is 4. The second kappa shape index (κ2) is 8.13. The molecule has 166 valence electrons. The zero-order chi connectivity index (χ0) is 23.3. The van der Waals surface area contributed by atoms with Gasteiger partial charge in [0.05, 0.1) is 18.2 Å². The van der Waals surface area contributed by atoms with Crippen LogP contribution in [0, 0.1) is 6.92 Å². The Hall–Kier alpha value is -2.93. The maximum Gasteiger partial charge on any atom is 0.252 e. The Morgan fingerprint density at radius 3 is 2.39 bits per heavy atom. The topological polar surface area (TPSA) is 52.7 Å². The molecule has 0 amide bonds. The average molecular weight is 495 g/mol. The van der Waals surface area contributed by atoms with Crippen molar-refractivity contribution in [3.05, 3.63) is 104 Å². The molecule has 1 atom stereocenters. The van der Waals surface area contributed by atoms with Crippen molar-refractivity contribution in [1.82, 2.24) is 19.1 Å². The number of halogens is 2. The number of hydrogen-bond acceptors (Lipinski definition) is 4. The molecule has 0 saturated heterocycles. The second-order valence-corrected chi connectivity index (χ2v) is 10.3.